The Hall–Kier alpha value is -1.33. The number of nitrogens with zero attached hydrogens (tertiary/aromatic N) is 2. The van der Waals surface area contributed by atoms with Gasteiger partial charge in [-0.3, -0.25) is 0 Å². The van der Waals surface area contributed by atoms with Crippen LogP contribution in [0.1, 0.15) is 6.92 Å². The van der Waals surface area contributed by atoms with E-state index in [4.69, 9.17) is 0 Å². The van der Waals surface area contributed by atoms with Crippen molar-refractivity contribution in [1.29, 1.82) is 0 Å². The number of carbonyl (C=O) groups excluding carboxylic acids is 1. The van der Waals surface area contributed by atoms with Gasteiger partial charge >= 0.3 is 6.09 Å². The van der Waals surface area contributed by atoms with E-state index in [1.54, 1.807) is 6.92 Å². The van der Waals surface area contributed by atoms with Gasteiger partial charge in [0.2, 0.25) is 0 Å². The van der Waals surface area contributed by atoms with Crippen molar-refractivity contribution in [2.45, 2.75) is 6.92 Å². The average molecular weight is 148 g/mol. The third-order valence-electron chi connectivity index (χ3n) is 0.587. The number of ether oxygens (including phenoxy) is 1. The monoisotopic (exact) mass is 148 g/mol. The lowest BCUT2D eigenvalue weighted by atomic mass is 10.9. The van der Waals surface area contributed by atoms with E-state index in [9.17, 15) is 10.0 Å². The molecule has 0 fully saturated rings. The van der Waals surface area contributed by atoms with E-state index >= 15 is 0 Å². The SMILES string of the molecule is CCOC(=O)N=[N+]([O-])OC. The average Bonchev–Trinajstić information content (AvgIpc) is 1.88. The van der Waals surface area contributed by atoms with Crippen LogP contribution >= 0.6 is 0 Å². The third kappa shape index (κ3) is 3.65. The van der Waals surface area contributed by atoms with Crippen LogP contribution in [0.25, 0.3) is 0 Å². The van der Waals surface area contributed by atoms with Crippen LogP contribution in [0.15, 0.2) is 5.11 Å². The molecule has 58 valence electrons. The molecule has 0 aliphatic carbocycles. The van der Waals surface area contributed by atoms with Gasteiger partial charge in [0.25, 0.3) is 0 Å². The van der Waals surface area contributed by atoms with Gasteiger partial charge in [0.15, 0.2) is 5.02 Å². The fourth-order valence-corrected chi connectivity index (χ4v) is 0.260. The minimum atomic E-state index is -0.959. The minimum absolute atomic E-state index is 0.180. The first-order valence-corrected chi connectivity index (χ1v) is 2.60. The summed E-state index contributed by atoms with van der Waals surface area (Å²) in [5, 5.41) is 12.7. The van der Waals surface area contributed by atoms with E-state index in [1.165, 1.54) is 0 Å². The highest BCUT2D eigenvalue weighted by Gasteiger charge is 2.04. The van der Waals surface area contributed by atoms with Gasteiger partial charge in [-0.15, -0.1) is 0 Å². The smallest absolute Gasteiger partial charge is 0.444 e. The van der Waals surface area contributed by atoms with Gasteiger partial charge in [-0.05, 0) is 6.92 Å². The van der Waals surface area contributed by atoms with Crippen molar-refractivity contribution in [1.82, 2.24) is 0 Å². The number of rotatable bonds is 2. The molecule has 0 rings (SSSR count). The largest absolute Gasteiger partial charge is 0.497 e. The molecule has 0 aromatic carbocycles. The van der Waals surface area contributed by atoms with Gasteiger partial charge < -0.3 is 9.57 Å². The lowest BCUT2D eigenvalue weighted by Gasteiger charge is -1.92. The summed E-state index contributed by atoms with van der Waals surface area (Å²) in [6.45, 7) is 1.79. The first-order valence-electron chi connectivity index (χ1n) is 2.60. The minimum Gasteiger partial charge on any atom is -0.444 e. The Bertz CT molecular complexity index is 144. The number of amides is 1. The van der Waals surface area contributed by atoms with Crippen molar-refractivity contribution < 1.29 is 19.4 Å². The molecular weight excluding hydrogens is 140 g/mol. The van der Waals surface area contributed by atoms with Crippen LogP contribution in [-0.2, 0) is 9.57 Å². The molecule has 0 N–H and O–H groups in total. The summed E-state index contributed by atoms with van der Waals surface area (Å²) < 4.78 is 4.29. The Morgan fingerprint density at radius 2 is 2.40 bits per heavy atom. The van der Waals surface area contributed by atoms with E-state index < -0.39 is 6.09 Å². The molecule has 0 aromatic heterocycles. The van der Waals surface area contributed by atoms with Crippen LogP contribution in [0.2, 0.25) is 0 Å². The Labute approximate surface area is 57.6 Å². The molecule has 0 spiro atoms. The van der Waals surface area contributed by atoms with Gasteiger partial charge in [0.1, 0.15) is 5.11 Å². The molecule has 0 saturated heterocycles. The Morgan fingerprint density at radius 1 is 1.80 bits per heavy atom. The molecule has 0 heterocycles. The maximum atomic E-state index is 10.3. The molecule has 0 atom stereocenters. The molecule has 0 saturated carbocycles. The van der Waals surface area contributed by atoms with Crippen LogP contribution in [0, 0.1) is 5.21 Å². The van der Waals surface area contributed by atoms with Crippen LogP contribution < -0.4 is 0 Å². The summed E-state index contributed by atoms with van der Waals surface area (Å²) in [4.78, 5) is 14.3. The van der Waals surface area contributed by atoms with Gasteiger partial charge in [0.05, 0.1) is 6.61 Å². The Morgan fingerprint density at radius 3 is 2.80 bits per heavy atom. The maximum absolute atomic E-state index is 10.3. The lowest BCUT2D eigenvalue weighted by molar-refractivity contribution is -0.779. The number of hydrogen-bond acceptors (Lipinski definition) is 4. The second kappa shape index (κ2) is 4.54. The Balaban J connectivity index is 3.75. The lowest BCUT2D eigenvalue weighted by Crippen LogP contribution is -2.05. The summed E-state index contributed by atoms with van der Waals surface area (Å²) in [7, 11) is 1.09. The fraction of sp³-hybridized carbons (Fsp3) is 0.750. The van der Waals surface area contributed by atoms with E-state index in [1.807, 2.05) is 0 Å². The van der Waals surface area contributed by atoms with Gasteiger partial charge in [-0.25, -0.2) is 10.0 Å². The van der Waals surface area contributed by atoms with Gasteiger partial charge in [-0.1, -0.05) is 0 Å². The predicted molar refractivity (Wildman–Crippen MR) is 30.1 cm³/mol. The van der Waals surface area contributed by atoms with Crippen molar-refractivity contribution in [3.05, 3.63) is 5.21 Å². The second-order valence-corrected chi connectivity index (χ2v) is 1.22. The topological polar surface area (TPSA) is 74.0 Å². The van der Waals surface area contributed by atoms with Crippen molar-refractivity contribution in [3.8, 4) is 0 Å². The van der Waals surface area contributed by atoms with E-state index in [0.29, 0.717) is 0 Å². The first kappa shape index (κ1) is 8.67. The first-order chi connectivity index (χ1) is 4.70. The van der Waals surface area contributed by atoms with Crippen molar-refractivity contribution >= 4 is 6.09 Å². The summed E-state index contributed by atoms with van der Waals surface area (Å²) >= 11 is 0. The molecule has 0 aliphatic heterocycles. The molecule has 0 radical (unpaired) electrons. The maximum Gasteiger partial charge on any atom is 0.497 e. The quantitative estimate of drug-likeness (QED) is 0.426. The zero-order valence-corrected chi connectivity index (χ0v) is 5.73. The van der Waals surface area contributed by atoms with Crippen molar-refractivity contribution in [2.24, 2.45) is 5.11 Å². The number of carbonyl (C=O) groups is 1. The molecule has 0 aliphatic rings. The Kier molecular flexibility index (Phi) is 3.94. The highest BCUT2D eigenvalue weighted by molar-refractivity contribution is 5.66. The molecule has 0 bridgehead atoms. The normalized spacial score (nSPS) is 10.8. The van der Waals surface area contributed by atoms with Crippen LogP contribution in [0.3, 0.4) is 0 Å². The molecule has 1 amide bonds. The van der Waals surface area contributed by atoms with Crippen LogP contribution in [-0.4, -0.2) is 24.8 Å². The molecular formula is C4H8N2O4. The molecule has 0 aromatic rings. The van der Waals surface area contributed by atoms with E-state index in [0.717, 1.165) is 7.11 Å². The van der Waals surface area contributed by atoms with Crippen molar-refractivity contribution in [2.75, 3.05) is 13.7 Å². The highest BCUT2D eigenvalue weighted by Crippen LogP contribution is 1.84. The fourth-order valence-electron chi connectivity index (χ4n) is 0.260. The zero-order valence-electron chi connectivity index (χ0n) is 5.73. The zero-order chi connectivity index (χ0) is 7.98. The molecule has 10 heavy (non-hydrogen) atoms. The molecule has 0 unspecified atom stereocenters. The molecule has 6 nitrogen and oxygen atoms in total. The second-order valence-electron chi connectivity index (χ2n) is 1.22. The van der Waals surface area contributed by atoms with Crippen molar-refractivity contribution in [3.63, 3.8) is 0 Å². The standard InChI is InChI=1S/C4H8N2O4/c1-3-10-4(7)5-6(8)9-2/h3H2,1-2H3. The van der Waals surface area contributed by atoms with Crippen LogP contribution in [0.4, 0.5) is 4.79 Å². The van der Waals surface area contributed by atoms with Gasteiger partial charge in [0, 0.05) is 7.11 Å². The highest BCUT2D eigenvalue weighted by atomic mass is 16.9. The molecule has 6 heteroatoms. The third-order valence-corrected chi connectivity index (χ3v) is 0.587. The van der Waals surface area contributed by atoms with E-state index in [-0.39, 0.29) is 11.6 Å². The summed E-state index contributed by atoms with van der Waals surface area (Å²) in [6, 6.07) is 0. The number of hydrogen-bond donors (Lipinski definition) is 0. The predicted octanol–water partition coefficient (Wildman–Crippen LogP) is 0.667. The van der Waals surface area contributed by atoms with E-state index in [2.05, 4.69) is 14.7 Å². The summed E-state index contributed by atoms with van der Waals surface area (Å²) in [6.07, 6.45) is -0.959. The summed E-state index contributed by atoms with van der Waals surface area (Å²) in [5.74, 6) is 0. The van der Waals surface area contributed by atoms with Crippen LogP contribution in [0.5, 0.6) is 0 Å². The summed E-state index contributed by atoms with van der Waals surface area (Å²) in [5.41, 5.74) is 0. The van der Waals surface area contributed by atoms with Gasteiger partial charge in [-0.2, -0.15) is 0 Å².